The van der Waals surface area contributed by atoms with Gasteiger partial charge in [-0.2, -0.15) is 0 Å². The molecule has 0 N–H and O–H groups in total. The predicted octanol–water partition coefficient (Wildman–Crippen LogP) is 4.16. The Labute approximate surface area is 107 Å². The van der Waals surface area contributed by atoms with E-state index in [-0.39, 0.29) is 0 Å². The van der Waals surface area contributed by atoms with Crippen molar-refractivity contribution in [3.8, 4) is 0 Å². The molecule has 0 aromatic heterocycles. The summed E-state index contributed by atoms with van der Waals surface area (Å²) in [6, 6.07) is 0. The summed E-state index contributed by atoms with van der Waals surface area (Å²) in [6.07, 6.45) is 5.33. The fourth-order valence-corrected chi connectivity index (χ4v) is 2.34. The summed E-state index contributed by atoms with van der Waals surface area (Å²) >= 11 is 2.26. The van der Waals surface area contributed by atoms with Gasteiger partial charge in [-0.1, -0.05) is 0 Å². The average molecular weight is 222 g/mol. The van der Waals surface area contributed by atoms with Gasteiger partial charge in [0.25, 0.3) is 0 Å². The molecular weight excluding hydrogens is 195 g/mol. The third kappa shape index (κ3) is 6.84. The number of hydrogen-bond donors (Lipinski definition) is 0. The van der Waals surface area contributed by atoms with Gasteiger partial charge in [-0.15, -0.1) is 0 Å². The van der Waals surface area contributed by atoms with E-state index in [9.17, 15) is 0 Å². The Morgan fingerprint density at radius 3 is 2.00 bits per heavy atom. The van der Waals surface area contributed by atoms with Crippen LogP contribution in [0.3, 0.4) is 0 Å². The zero-order valence-electron chi connectivity index (χ0n) is 11.7. The summed E-state index contributed by atoms with van der Waals surface area (Å²) in [4.78, 5) is 0. The molecule has 0 unspecified atom stereocenters. The molecule has 0 atom stereocenters. The summed E-state index contributed by atoms with van der Waals surface area (Å²) in [5.41, 5.74) is 0. The van der Waals surface area contributed by atoms with Crippen molar-refractivity contribution < 1.29 is 4.43 Å². The summed E-state index contributed by atoms with van der Waals surface area (Å²) in [5.74, 6) is 0. The first kappa shape index (κ1) is 15.8. The summed E-state index contributed by atoms with van der Waals surface area (Å²) in [5, 5.41) is 1.68. The van der Waals surface area contributed by atoms with Crippen LogP contribution in [0.5, 0.6) is 0 Å². The van der Waals surface area contributed by atoms with Gasteiger partial charge in [0.1, 0.15) is 0 Å². The Bertz CT molecular complexity index is 163. The Morgan fingerprint density at radius 1 is 1.00 bits per heavy atom. The summed E-state index contributed by atoms with van der Waals surface area (Å²) in [7, 11) is -1.47. The molecule has 0 aliphatic rings. The first-order valence-corrected chi connectivity index (χ1v) is 9.36. The molecule has 0 amide bonds. The molecule has 3 heteroatoms. The van der Waals surface area contributed by atoms with Crippen molar-refractivity contribution in [2.75, 3.05) is 6.61 Å². The van der Waals surface area contributed by atoms with Crippen LogP contribution in [0.25, 0.3) is 0 Å². The zero-order chi connectivity index (χ0) is 11.9. The summed E-state index contributed by atoms with van der Waals surface area (Å²) in [6.45, 7) is 12.5. The molecule has 0 saturated heterocycles. The molecule has 0 fully saturated rings. The molecule has 0 aliphatic carbocycles. The van der Waals surface area contributed by atoms with Crippen molar-refractivity contribution in [3.63, 3.8) is 0 Å². The maximum absolute atomic E-state index is 6.11. The molecule has 0 saturated carbocycles. The molecule has 0 rings (SSSR count). The van der Waals surface area contributed by atoms with Crippen molar-refractivity contribution in [3.05, 3.63) is 0 Å². The summed E-state index contributed by atoms with van der Waals surface area (Å²) < 4.78 is 6.11. The van der Waals surface area contributed by atoms with E-state index < -0.39 is 8.32 Å². The van der Waals surface area contributed by atoms with Gasteiger partial charge in [0.2, 0.25) is 0 Å². The molecular formula is C12H27LiOSi. The van der Waals surface area contributed by atoms with E-state index >= 15 is 0 Å². The van der Waals surface area contributed by atoms with Gasteiger partial charge in [0.05, 0.1) is 0 Å². The fourth-order valence-electron chi connectivity index (χ4n) is 1.25. The monoisotopic (exact) mass is 222 g/mol. The van der Waals surface area contributed by atoms with Gasteiger partial charge < -0.3 is 0 Å². The maximum atomic E-state index is 6.11. The van der Waals surface area contributed by atoms with Crippen molar-refractivity contribution in [1.29, 1.82) is 0 Å². The SMILES string of the molecule is [Li][CH2]CCCCCO[Si](C)(C)C(C)(C)C. The van der Waals surface area contributed by atoms with Gasteiger partial charge in [0.15, 0.2) is 0 Å². The van der Waals surface area contributed by atoms with Crippen LogP contribution < -0.4 is 0 Å². The molecule has 1 nitrogen and oxygen atoms in total. The van der Waals surface area contributed by atoms with Crippen LogP contribution in [-0.2, 0) is 4.43 Å². The van der Waals surface area contributed by atoms with Crippen LogP contribution in [-0.4, -0.2) is 32.6 Å². The topological polar surface area (TPSA) is 9.23 Å². The first-order chi connectivity index (χ1) is 6.81. The van der Waals surface area contributed by atoms with Crippen LogP contribution >= 0.6 is 0 Å². The van der Waals surface area contributed by atoms with Crippen molar-refractivity contribution >= 4 is 26.0 Å². The molecule has 15 heavy (non-hydrogen) atoms. The second-order valence-electron chi connectivity index (χ2n) is 6.02. The molecule has 0 bridgehead atoms. The van der Waals surface area contributed by atoms with Crippen molar-refractivity contribution in [2.45, 2.75) is 69.7 Å². The minimum absolute atomic E-state index is 0.358. The van der Waals surface area contributed by atoms with E-state index in [2.05, 4.69) is 51.6 Å². The van der Waals surface area contributed by atoms with Crippen molar-refractivity contribution in [2.24, 2.45) is 0 Å². The van der Waals surface area contributed by atoms with E-state index in [1.165, 1.54) is 30.8 Å². The van der Waals surface area contributed by atoms with Crippen LogP contribution in [0.4, 0.5) is 0 Å². The molecule has 0 radical (unpaired) electrons. The van der Waals surface area contributed by atoms with E-state index in [1.54, 1.807) is 0 Å². The van der Waals surface area contributed by atoms with Crippen molar-refractivity contribution in [1.82, 2.24) is 0 Å². The van der Waals surface area contributed by atoms with E-state index in [4.69, 9.17) is 4.43 Å². The van der Waals surface area contributed by atoms with E-state index in [1.807, 2.05) is 0 Å². The quantitative estimate of drug-likeness (QED) is 0.464. The molecule has 0 aromatic carbocycles. The van der Waals surface area contributed by atoms with Crippen LogP contribution in [0.15, 0.2) is 0 Å². The standard InChI is InChI=1S/C12H27OSi.Li/c1-7-8-9-10-11-13-14(5,6)12(2,3)4;/h1,7-11H2,2-6H3;. The van der Waals surface area contributed by atoms with E-state index in [0.29, 0.717) is 5.04 Å². The van der Waals surface area contributed by atoms with Crippen LogP contribution in [0.2, 0.25) is 23.2 Å². The first-order valence-electron chi connectivity index (χ1n) is 6.45. The Hall–Kier alpha value is 0.774. The average Bonchev–Trinajstić information content (AvgIpc) is 2.09. The molecule has 86 valence electrons. The van der Waals surface area contributed by atoms with Gasteiger partial charge >= 0.3 is 107 Å². The third-order valence-corrected chi connectivity index (χ3v) is 8.06. The molecule has 0 spiro atoms. The number of unbranched alkanes of at least 4 members (excludes halogenated alkanes) is 3. The third-order valence-electron chi connectivity index (χ3n) is 3.52. The van der Waals surface area contributed by atoms with Crippen LogP contribution in [0.1, 0.15) is 46.5 Å². The fraction of sp³-hybridized carbons (Fsp3) is 1.00. The van der Waals surface area contributed by atoms with Gasteiger partial charge in [-0.05, 0) is 0 Å². The Morgan fingerprint density at radius 2 is 1.53 bits per heavy atom. The second-order valence-corrected chi connectivity index (χ2v) is 10.8. The molecule has 0 aliphatic heterocycles. The van der Waals surface area contributed by atoms with Gasteiger partial charge in [0, 0.05) is 0 Å². The van der Waals surface area contributed by atoms with E-state index in [0.717, 1.165) is 6.61 Å². The Balaban J connectivity index is 3.58. The Kier molecular flexibility index (Phi) is 7.54. The second kappa shape index (κ2) is 7.17. The predicted molar refractivity (Wildman–Crippen MR) is 72.2 cm³/mol. The van der Waals surface area contributed by atoms with Crippen LogP contribution in [0, 0.1) is 0 Å². The number of hydrogen-bond acceptors (Lipinski definition) is 1. The molecule has 0 heterocycles. The van der Waals surface area contributed by atoms with Gasteiger partial charge in [-0.25, -0.2) is 0 Å². The normalized spacial score (nSPS) is 13.3. The number of rotatable bonds is 7. The minimum atomic E-state index is -1.47. The zero-order valence-corrected chi connectivity index (χ0v) is 12.7. The molecule has 0 aromatic rings. The van der Waals surface area contributed by atoms with Gasteiger partial charge in [-0.3, -0.25) is 0 Å².